The van der Waals surface area contributed by atoms with Crippen LogP contribution in [0.5, 0.6) is 11.5 Å². The number of aliphatic hydroxyl groups excluding tert-OH is 1. The lowest BCUT2D eigenvalue weighted by atomic mass is 10.3. The van der Waals surface area contributed by atoms with E-state index in [1.54, 1.807) is 31.4 Å². The number of ether oxygens (including phenoxy) is 2. The molecule has 0 spiro atoms. The Morgan fingerprint density at radius 3 is 2.56 bits per heavy atom. The first-order chi connectivity index (χ1) is 8.76. The molecule has 1 aromatic carbocycles. The Hall–Kier alpha value is -1.75. The van der Waals surface area contributed by atoms with Crippen molar-refractivity contribution in [2.45, 2.75) is 12.8 Å². The number of rotatable bonds is 8. The van der Waals surface area contributed by atoms with Crippen molar-refractivity contribution < 1.29 is 19.4 Å². The zero-order chi connectivity index (χ0) is 13.2. The van der Waals surface area contributed by atoms with E-state index in [1.807, 2.05) is 0 Å². The van der Waals surface area contributed by atoms with Crippen molar-refractivity contribution in [3.8, 4) is 11.5 Å². The van der Waals surface area contributed by atoms with Gasteiger partial charge in [-0.2, -0.15) is 0 Å². The minimum atomic E-state index is -0.0723. The van der Waals surface area contributed by atoms with E-state index < -0.39 is 0 Å². The molecule has 18 heavy (non-hydrogen) atoms. The van der Waals surface area contributed by atoms with Gasteiger partial charge in [-0.1, -0.05) is 0 Å². The van der Waals surface area contributed by atoms with Gasteiger partial charge in [0, 0.05) is 13.2 Å². The largest absolute Gasteiger partial charge is 0.497 e. The van der Waals surface area contributed by atoms with E-state index in [9.17, 15) is 4.79 Å². The summed E-state index contributed by atoms with van der Waals surface area (Å²) < 4.78 is 10.4. The number of nitrogens with one attached hydrogen (secondary N) is 1. The highest BCUT2D eigenvalue weighted by Gasteiger charge is 2.01. The van der Waals surface area contributed by atoms with E-state index in [-0.39, 0.29) is 12.5 Å². The second-order valence-electron chi connectivity index (χ2n) is 3.70. The van der Waals surface area contributed by atoms with Gasteiger partial charge in [-0.25, -0.2) is 0 Å². The summed E-state index contributed by atoms with van der Waals surface area (Å²) in [6.07, 6.45) is 0.878. The van der Waals surface area contributed by atoms with Crippen LogP contribution in [0.3, 0.4) is 0 Å². The molecular weight excluding hydrogens is 234 g/mol. The molecule has 0 bridgehead atoms. The van der Waals surface area contributed by atoms with Crippen molar-refractivity contribution in [1.29, 1.82) is 0 Å². The maximum atomic E-state index is 11.3. The summed E-state index contributed by atoms with van der Waals surface area (Å²) in [5.74, 6) is 1.40. The van der Waals surface area contributed by atoms with Crippen molar-refractivity contribution in [3.63, 3.8) is 0 Å². The van der Waals surface area contributed by atoms with Crippen molar-refractivity contribution in [2.75, 3.05) is 26.9 Å². The smallest absolute Gasteiger partial charge is 0.223 e. The minimum Gasteiger partial charge on any atom is -0.497 e. The standard InChI is InChI=1S/C13H19NO4/c1-17-11-3-5-12(6-4-11)18-10-7-13(16)14-8-2-9-15/h3-6,15H,2,7-10H2,1H3,(H,14,16). The number of methoxy groups -OCH3 is 1. The Balaban J connectivity index is 2.18. The van der Waals surface area contributed by atoms with Gasteiger partial charge >= 0.3 is 0 Å². The molecule has 0 aliphatic carbocycles. The van der Waals surface area contributed by atoms with Crippen LogP contribution in [0.4, 0.5) is 0 Å². The molecule has 0 unspecified atom stereocenters. The molecule has 5 heteroatoms. The molecule has 0 fully saturated rings. The summed E-state index contributed by atoms with van der Waals surface area (Å²) in [5.41, 5.74) is 0. The summed E-state index contributed by atoms with van der Waals surface area (Å²) in [6.45, 7) is 0.914. The lowest BCUT2D eigenvalue weighted by Gasteiger charge is -2.07. The quantitative estimate of drug-likeness (QED) is 0.677. The summed E-state index contributed by atoms with van der Waals surface area (Å²) in [5, 5.41) is 11.2. The molecule has 2 N–H and O–H groups in total. The topological polar surface area (TPSA) is 67.8 Å². The Kier molecular flexibility index (Phi) is 6.64. The predicted molar refractivity (Wildman–Crippen MR) is 67.8 cm³/mol. The van der Waals surface area contributed by atoms with Crippen LogP contribution in [-0.4, -0.2) is 37.9 Å². The number of carbonyl (C=O) groups excluding carboxylic acids is 1. The first kappa shape index (κ1) is 14.3. The third-order valence-electron chi connectivity index (χ3n) is 2.31. The zero-order valence-corrected chi connectivity index (χ0v) is 10.5. The lowest BCUT2D eigenvalue weighted by Crippen LogP contribution is -2.26. The van der Waals surface area contributed by atoms with Crippen molar-refractivity contribution >= 4 is 5.91 Å². The number of amides is 1. The highest BCUT2D eigenvalue weighted by atomic mass is 16.5. The molecule has 5 nitrogen and oxygen atoms in total. The summed E-state index contributed by atoms with van der Waals surface area (Å²) in [4.78, 5) is 11.3. The fourth-order valence-electron chi connectivity index (χ4n) is 1.33. The van der Waals surface area contributed by atoms with Gasteiger partial charge in [0.1, 0.15) is 11.5 Å². The first-order valence-electron chi connectivity index (χ1n) is 5.90. The second kappa shape index (κ2) is 8.36. The predicted octanol–water partition coefficient (Wildman–Crippen LogP) is 0.963. The van der Waals surface area contributed by atoms with Gasteiger partial charge in [0.2, 0.25) is 5.91 Å². The third kappa shape index (κ3) is 5.54. The van der Waals surface area contributed by atoms with Crippen LogP contribution in [-0.2, 0) is 4.79 Å². The second-order valence-corrected chi connectivity index (χ2v) is 3.70. The van der Waals surface area contributed by atoms with E-state index in [4.69, 9.17) is 14.6 Å². The highest BCUT2D eigenvalue weighted by Crippen LogP contribution is 2.16. The van der Waals surface area contributed by atoms with Crippen LogP contribution < -0.4 is 14.8 Å². The fourth-order valence-corrected chi connectivity index (χ4v) is 1.33. The Labute approximate surface area is 107 Å². The first-order valence-corrected chi connectivity index (χ1v) is 5.90. The molecule has 1 aromatic rings. The van der Waals surface area contributed by atoms with E-state index in [1.165, 1.54) is 0 Å². The maximum Gasteiger partial charge on any atom is 0.223 e. The molecule has 0 radical (unpaired) electrons. The SMILES string of the molecule is COc1ccc(OCCC(=O)NCCCO)cc1. The molecular formula is C13H19NO4. The number of hydrogen-bond donors (Lipinski definition) is 2. The molecule has 0 atom stereocenters. The van der Waals surface area contributed by atoms with Crippen LogP contribution >= 0.6 is 0 Å². The van der Waals surface area contributed by atoms with E-state index in [0.29, 0.717) is 31.7 Å². The van der Waals surface area contributed by atoms with Gasteiger partial charge in [-0.3, -0.25) is 4.79 Å². The Bertz CT molecular complexity index is 351. The number of benzene rings is 1. The summed E-state index contributed by atoms with van der Waals surface area (Å²) >= 11 is 0. The van der Waals surface area contributed by atoms with E-state index in [0.717, 1.165) is 5.75 Å². The van der Waals surface area contributed by atoms with Crippen molar-refractivity contribution in [3.05, 3.63) is 24.3 Å². The molecule has 100 valence electrons. The molecule has 1 rings (SSSR count). The van der Waals surface area contributed by atoms with Gasteiger partial charge in [-0.05, 0) is 30.7 Å². The maximum absolute atomic E-state index is 11.3. The van der Waals surface area contributed by atoms with Gasteiger partial charge in [0.15, 0.2) is 0 Å². The number of aliphatic hydroxyl groups is 1. The number of hydrogen-bond acceptors (Lipinski definition) is 4. The molecule has 0 aromatic heterocycles. The summed E-state index contributed by atoms with van der Waals surface area (Å²) in [7, 11) is 1.60. The van der Waals surface area contributed by atoms with Gasteiger partial charge < -0.3 is 19.9 Å². The fraction of sp³-hybridized carbons (Fsp3) is 0.462. The molecule has 0 heterocycles. The van der Waals surface area contributed by atoms with Gasteiger partial charge in [-0.15, -0.1) is 0 Å². The van der Waals surface area contributed by atoms with Crippen LogP contribution in [0.2, 0.25) is 0 Å². The summed E-state index contributed by atoms with van der Waals surface area (Å²) in [6, 6.07) is 7.19. The molecule has 0 saturated carbocycles. The number of carbonyl (C=O) groups is 1. The molecule has 0 aliphatic rings. The minimum absolute atomic E-state index is 0.0723. The van der Waals surface area contributed by atoms with Crippen LogP contribution in [0, 0.1) is 0 Å². The highest BCUT2D eigenvalue weighted by molar-refractivity contribution is 5.75. The van der Waals surface area contributed by atoms with Crippen molar-refractivity contribution in [1.82, 2.24) is 5.32 Å². The van der Waals surface area contributed by atoms with Crippen LogP contribution in [0.1, 0.15) is 12.8 Å². The third-order valence-corrected chi connectivity index (χ3v) is 2.31. The molecule has 0 saturated heterocycles. The van der Waals surface area contributed by atoms with Gasteiger partial charge in [0.25, 0.3) is 0 Å². The monoisotopic (exact) mass is 253 g/mol. The van der Waals surface area contributed by atoms with Crippen LogP contribution in [0.15, 0.2) is 24.3 Å². The van der Waals surface area contributed by atoms with E-state index in [2.05, 4.69) is 5.32 Å². The van der Waals surface area contributed by atoms with Crippen LogP contribution in [0.25, 0.3) is 0 Å². The molecule has 1 amide bonds. The van der Waals surface area contributed by atoms with Crippen molar-refractivity contribution in [2.24, 2.45) is 0 Å². The normalized spacial score (nSPS) is 9.89. The average Bonchev–Trinajstić information content (AvgIpc) is 2.40. The average molecular weight is 253 g/mol. The van der Waals surface area contributed by atoms with E-state index >= 15 is 0 Å². The molecule has 0 aliphatic heterocycles. The van der Waals surface area contributed by atoms with Gasteiger partial charge in [0.05, 0.1) is 20.1 Å². The Morgan fingerprint density at radius 2 is 1.94 bits per heavy atom. The Morgan fingerprint density at radius 1 is 1.28 bits per heavy atom. The zero-order valence-electron chi connectivity index (χ0n) is 10.5. The lowest BCUT2D eigenvalue weighted by molar-refractivity contribution is -0.121.